The Bertz CT molecular complexity index is 997. The molecule has 0 spiro atoms. The molecule has 1 aliphatic heterocycles. The van der Waals surface area contributed by atoms with E-state index in [1.807, 2.05) is 15.5 Å². The average Bonchev–Trinajstić information content (AvgIpc) is 3.35. The van der Waals surface area contributed by atoms with E-state index in [2.05, 4.69) is 15.0 Å². The lowest BCUT2D eigenvalue weighted by atomic mass is 10.1. The molecule has 1 aliphatic rings. The summed E-state index contributed by atoms with van der Waals surface area (Å²) in [7, 11) is 0. The topological polar surface area (TPSA) is 90.2 Å². The number of aromatic amines is 1. The third-order valence-corrected chi connectivity index (χ3v) is 5.62. The summed E-state index contributed by atoms with van der Waals surface area (Å²) in [5.74, 6) is 0.495. The van der Waals surface area contributed by atoms with Gasteiger partial charge in [-0.2, -0.15) is 13.2 Å². The van der Waals surface area contributed by atoms with Gasteiger partial charge in [0.15, 0.2) is 0 Å². The summed E-state index contributed by atoms with van der Waals surface area (Å²) < 4.78 is 39.6. The monoisotopic (exact) mass is 411 g/mol. The molecule has 3 N–H and O–H groups in total. The first kappa shape index (κ1) is 20.1. The highest BCUT2D eigenvalue weighted by Gasteiger charge is 2.36. The summed E-state index contributed by atoms with van der Waals surface area (Å²) >= 11 is 0. The van der Waals surface area contributed by atoms with Crippen LogP contribution in [0.3, 0.4) is 0 Å². The molecule has 3 atom stereocenters. The molecule has 7 nitrogen and oxygen atoms in total. The number of aliphatic hydroxyl groups excluding tert-OH is 2. The number of hydrogen-bond donors (Lipinski definition) is 3. The number of imidazole rings is 1. The third kappa shape index (κ3) is 3.84. The highest BCUT2D eigenvalue weighted by Crippen LogP contribution is 2.36. The molecule has 3 aromatic rings. The minimum Gasteiger partial charge on any atom is -0.395 e. The van der Waals surface area contributed by atoms with Crippen molar-refractivity contribution in [1.29, 1.82) is 0 Å². The molecule has 158 valence electrons. The standard InChI is InChI=1S/C19H24F3N5O2/c1-11(29)18-25-15-8-24-17-14(3-5-23-17)16(15)27(18)12-7-13(10-28)26(9-12)6-2-4-19(20,21)22/h3,5,8,11-13,28-29H,2,4,6-7,9-10H2,1H3,(H,23,24)/t11?,12-,13+/m0/s1. The number of halogens is 3. The predicted molar refractivity (Wildman–Crippen MR) is 101 cm³/mol. The van der Waals surface area contributed by atoms with Crippen LogP contribution in [0.2, 0.25) is 0 Å². The van der Waals surface area contributed by atoms with Crippen molar-refractivity contribution in [3.63, 3.8) is 0 Å². The van der Waals surface area contributed by atoms with Crippen LogP contribution in [-0.4, -0.2) is 66.5 Å². The summed E-state index contributed by atoms with van der Waals surface area (Å²) in [6.07, 6.45) is -1.84. The van der Waals surface area contributed by atoms with E-state index in [-0.39, 0.29) is 31.7 Å². The molecule has 4 rings (SSSR count). The van der Waals surface area contributed by atoms with Crippen LogP contribution in [0.1, 0.15) is 44.2 Å². The number of H-pyrrole nitrogens is 1. The number of hydrogen-bond acceptors (Lipinski definition) is 5. The molecule has 0 aromatic carbocycles. The zero-order valence-electron chi connectivity index (χ0n) is 16.0. The van der Waals surface area contributed by atoms with E-state index in [0.29, 0.717) is 30.0 Å². The third-order valence-electron chi connectivity index (χ3n) is 5.62. The molecule has 1 saturated heterocycles. The second-order valence-corrected chi connectivity index (χ2v) is 7.69. The summed E-state index contributed by atoms with van der Waals surface area (Å²) in [4.78, 5) is 13.9. The van der Waals surface area contributed by atoms with Crippen molar-refractivity contribution in [2.24, 2.45) is 0 Å². The highest BCUT2D eigenvalue weighted by molar-refractivity contribution is 6.01. The highest BCUT2D eigenvalue weighted by atomic mass is 19.4. The minimum atomic E-state index is -4.18. The zero-order valence-corrected chi connectivity index (χ0v) is 16.0. The maximum absolute atomic E-state index is 12.5. The van der Waals surface area contributed by atoms with E-state index in [4.69, 9.17) is 0 Å². The molecular formula is C19H24F3N5O2. The van der Waals surface area contributed by atoms with Gasteiger partial charge in [-0.05, 0) is 32.4 Å². The Kier molecular flexibility index (Phi) is 5.26. The molecule has 0 aliphatic carbocycles. The predicted octanol–water partition coefficient (Wildman–Crippen LogP) is 2.92. The Balaban J connectivity index is 1.68. The number of nitrogens with one attached hydrogen (secondary N) is 1. The lowest BCUT2D eigenvalue weighted by Crippen LogP contribution is -2.33. The van der Waals surface area contributed by atoms with Crippen molar-refractivity contribution in [1.82, 2.24) is 24.4 Å². The first-order chi connectivity index (χ1) is 13.8. The van der Waals surface area contributed by atoms with Crippen LogP contribution in [0.15, 0.2) is 18.5 Å². The van der Waals surface area contributed by atoms with Gasteiger partial charge in [-0.25, -0.2) is 9.97 Å². The Morgan fingerprint density at radius 2 is 2.17 bits per heavy atom. The first-order valence-corrected chi connectivity index (χ1v) is 9.72. The average molecular weight is 411 g/mol. The van der Waals surface area contributed by atoms with Crippen molar-refractivity contribution >= 4 is 22.1 Å². The fourth-order valence-corrected chi connectivity index (χ4v) is 4.37. The van der Waals surface area contributed by atoms with Gasteiger partial charge in [-0.1, -0.05) is 0 Å². The molecule has 0 amide bonds. The van der Waals surface area contributed by atoms with Crippen molar-refractivity contribution in [3.8, 4) is 0 Å². The smallest absolute Gasteiger partial charge is 0.389 e. The van der Waals surface area contributed by atoms with Crippen LogP contribution in [0, 0.1) is 0 Å². The quantitative estimate of drug-likeness (QED) is 0.580. The molecule has 0 saturated carbocycles. The summed E-state index contributed by atoms with van der Waals surface area (Å²) in [6.45, 7) is 2.26. The normalized spacial score (nSPS) is 22.1. The lowest BCUT2D eigenvalue weighted by Gasteiger charge is -2.22. The van der Waals surface area contributed by atoms with Crippen molar-refractivity contribution in [2.45, 2.75) is 50.6 Å². The van der Waals surface area contributed by atoms with E-state index in [0.717, 1.165) is 10.9 Å². The fourth-order valence-electron chi connectivity index (χ4n) is 4.37. The van der Waals surface area contributed by atoms with Gasteiger partial charge in [0.2, 0.25) is 0 Å². The zero-order chi connectivity index (χ0) is 20.8. The maximum atomic E-state index is 12.5. The van der Waals surface area contributed by atoms with E-state index in [1.165, 1.54) is 0 Å². The molecule has 4 heterocycles. The minimum absolute atomic E-state index is 0.00731. The van der Waals surface area contributed by atoms with E-state index in [9.17, 15) is 23.4 Å². The van der Waals surface area contributed by atoms with Gasteiger partial charge < -0.3 is 19.8 Å². The molecule has 3 aromatic heterocycles. The van der Waals surface area contributed by atoms with Gasteiger partial charge in [0.25, 0.3) is 0 Å². The number of aromatic nitrogens is 4. The summed E-state index contributed by atoms with van der Waals surface area (Å²) in [5.41, 5.74) is 2.20. The number of fused-ring (bicyclic) bond motifs is 3. The van der Waals surface area contributed by atoms with Crippen LogP contribution >= 0.6 is 0 Å². The van der Waals surface area contributed by atoms with Crippen LogP contribution in [0.5, 0.6) is 0 Å². The van der Waals surface area contributed by atoms with Crippen molar-refractivity contribution < 1.29 is 23.4 Å². The summed E-state index contributed by atoms with van der Waals surface area (Å²) in [5, 5.41) is 21.0. The molecule has 0 bridgehead atoms. The van der Waals surface area contributed by atoms with Gasteiger partial charge >= 0.3 is 6.18 Å². The molecule has 1 unspecified atom stereocenters. The van der Waals surface area contributed by atoms with Crippen LogP contribution < -0.4 is 0 Å². The molecule has 10 heteroatoms. The number of likely N-dealkylation sites (tertiary alicyclic amines) is 1. The summed E-state index contributed by atoms with van der Waals surface area (Å²) in [6, 6.07) is 1.55. The van der Waals surface area contributed by atoms with Gasteiger partial charge in [0.05, 0.1) is 18.3 Å². The van der Waals surface area contributed by atoms with Crippen LogP contribution in [-0.2, 0) is 0 Å². The molecule has 0 radical (unpaired) electrons. The second-order valence-electron chi connectivity index (χ2n) is 7.69. The van der Waals surface area contributed by atoms with Gasteiger partial charge in [-0.3, -0.25) is 4.90 Å². The molecule has 1 fully saturated rings. The fraction of sp³-hybridized carbons (Fsp3) is 0.579. The van der Waals surface area contributed by atoms with Crippen LogP contribution in [0.25, 0.3) is 22.1 Å². The SMILES string of the molecule is CC(O)c1nc2cnc3[nH]ccc3c2n1[C@H]1C[C@H](CO)N(CCCC(F)(F)F)C1. The number of nitrogens with zero attached hydrogens (tertiary/aromatic N) is 4. The number of alkyl halides is 3. The number of pyridine rings is 1. The van der Waals surface area contributed by atoms with Crippen molar-refractivity contribution in [2.75, 3.05) is 19.7 Å². The van der Waals surface area contributed by atoms with Crippen LogP contribution in [0.4, 0.5) is 13.2 Å². The molecule has 29 heavy (non-hydrogen) atoms. The van der Waals surface area contributed by atoms with Gasteiger partial charge in [0.1, 0.15) is 23.1 Å². The largest absolute Gasteiger partial charge is 0.395 e. The lowest BCUT2D eigenvalue weighted by molar-refractivity contribution is -0.136. The Hall–Kier alpha value is -2.17. The van der Waals surface area contributed by atoms with E-state index in [1.54, 1.807) is 19.3 Å². The number of rotatable bonds is 6. The number of aliphatic hydroxyl groups is 2. The Morgan fingerprint density at radius 3 is 2.86 bits per heavy atom. The first-order valence-electron chi connectivity index (χ1n) is 9.72. The Morgan fingerprint density at radius 1 is 1.38 bits per heavy atom. The molecular weight excluding hydrogens is 387 g/mol. The van der Waals surface area contributed by atoms with Gasteiger partial charge in [0, 0.05) is 36.6 Å². The maximum Gasteiger partial charge on any atom is 0.389 e. The van der Waals surface area contributed by atoms with Crippen molar-refractivity contribution in [3.05, 3.63) is 24.3 Å². The van der Waals surface area contributed by atoms with Gasteiger partial charge in [-0.15, -0.1) is 0 Å². The Labute approximate surface area is 165 Å². The van der Waals surface area contributed by atoms with E-state index >= 15 is 0 Å². The van der Waals surface area contributed by atoms with E-state index < -0.39 is 18.7 Å². The second kappa shape index (κ2) is 7.58.